The van der Waals surface area contributed by atoms with Crippen molar-refractivity contribution in [1.29, 1.82) is 0 Å². The highest BCUT2D eigenvalue weighted by molar-refractivity contribution is 5.63. The Labute approximate surface area is 177 Å². The van der Waals surface area contributed by atoms with E-state index in [1.54, 1.807) is 0 Å². The van der Waals surface area contributed by atoms with Gasteiger partial charge in [0.1, 0.15) is 11.9 Å². The summed E-state index contributed by atoms with van der Waals surface area (Å²) in [5, 5.41) is 0. The maximum atomic E-state index is 4.57. The standard InChI is InChI=1S/C23H21N3.HI/c1-19-16-21(20-10-4-2-5-11-20)17-22(18-25-14-8-3-9-15-25)26(19)23-12-6-7-13-24-23;/h2-17H,18H2,1H3;1H/q+2;/p-1. The third-order valence-corrected chi connectivity index (χ3v) is 4.43. The fraction of sp³-hybridized carbons (Fsp3) is 0.0870. The molecule has 0 atom stereocenters. The Bertz CT molecular complexity index is 1000. The number of hydrogen-bond acceptors (Lipinski definition) is 1. The van der Waals surface area contributed by atoms with Crippen molar-refractivity contribution < 1.29 is 33.1 Å². The van der Waals surface area contributed by atoms with Crippen LogP contribution < -0.4 is 33.1 Å². The molecule has 0 unspecified atom stereocenters. The van der Waals surface area contributed by atoms with Crippen molar-refractivity contribution in [2.45, 2.75) is 13.5 Å². The molecule has 0 bridgehead atoms. The van der Waals surface area contributed by atoms with Crippen molar-refractivity contribution in [3.8, 4) is 16.9 Å². The third kappa shape index (κ3) is 4.39. The first-order chi connectivity index (χ1) is 12.8. The number of benzene rings is 1. The molecular formula is C23H21IN3+. The van der Waals surface area contributed by atoms with Crippen molar-refractivity contribution in [2.24, 2.45) is 0 Å². The van der Waals surface area contributed by atoms with Crippen LogP contribution >= 0.6 is 0 Å². The van der Waals surface area contributed by atoms with Gasteiger partial charge in [-0.25, -0.2) is 0 Å². The summed E-state index contributed by atoms with van der Waals surface area (Å²) in [5.74, 6) is 0.941. The minimum absolute atomic E-state index is 0. The lowest BCUT2D eigenvalue weighted by atomic mass is 10.0. The molecule has 0 saturated heterocycles. The summed E-state index contributed by atoms with van der Waals surface area (Å²) in [5.41, 5.74) is 4.81. The molecule has 3 aromatic heterocycles. The molecule has 134 valence electrons. The van der Waals surface area contributed by atoms with Gasteiger partial charge in [-0.15, -0.1) is 0 Å². The van der Waals surface area contributed by atoms with Gasteiger partial charge in [0, 0.05) is 18.2 Å². The van der Waals surface area contributed by atoms with E-state index in [0.29, 0.717) is 0 Å². The summed E-state index contributed by atoms with van der Waals surface area (Å²) in [6, 6.07) is 27.2. The summed E-state index contributed by atoms with van der Waals surface area (Å²) in [7, 11) is 0. The predicted octanol–water partition coefficient (Wildman–Crippen LogP) is 0.674. The molecule has 0 spiro atoms. The summed E-state index contributed by atoms with van der Waals surface area (Å²) < 4.78 is 4.41. The second-order valence-electron chi connectivity index (χ2n) is 6.31. The van der Waals surface area contributed by atoms with Crippen LogP contribution in [0.2, 0.25) is 0 Å². The molecule has 0 N–H and O–H groups in total. The van der Waals surface area contributed by atoms with Crippen LogP contribution in [0.5, 0.6) is 0 Å². The average molecular weight is 466 g/mol. The highest BCUT2D eigenvalue weighted by atomic mass is 127. The molecule has 1 aromatic carbocycles. The van der Waals surface area contributed by atoms with E-state index in [-0.39, 0.29) is 24.0 Å². The number of rotatable bonds is 4. The first-order valence-electron chi connectivity index (χ1n) is 8.78. The van der Waals surface area contributed by atoms with Crippen LogP contribution in [0.15, 0.2) is 97.5 Å². The second-order valence-corrected chi connectivity index (χ2v) is 6.31. The lowest BCUT2D eigenvalue weighted by Gasteiger charge is -2.10. The summed E-state index contributed by atoms with van der Waals surface area (Å²) in [4.78, 5) is 4.57. The molecule has 3 heterocycles. The zero-order chi connectivity index (χ0) is 17.8. The van der Waals surface area contributed by atoms with E-state index in [0.717, 1.165) is 18.1 Å². The number of aromatic nitrogens is 3. The van der Waals surface area contributed by atoms with Crippen molar-refractivity contribution >= 4 is 0 Å². The van der Waals surface area contributed by atoms with Crippen LogP contribution in [0.1, 0.15) is 11.4 Å². The van der Waals surface area contributed by atoms with Gasteiger partial charge in [-0.3, -0.25) is 0 Å². The quantitative estimate of drug-likeness (QED) is 0.320. The van der Waals surface area contributed by atoms with Gasteiger partial charge in [0.25, 0.3) is 0 Å². The fourth-order valence-corrected chi connectivity index (χ4v) is 3.26. The maximum Gasteiger partial charge on any atom is 0.328 e. The zero-order valence-corrected chi connectivity index (χ0v) is 17.3. The fourth-order valence-electron chi connectivity index (χ4n) is 3.26. The van der Waals surface area contributed by atoms with E-state index in [9.17, 15) is 0 Å². The molecule has 4 aromatic rings. The van der Waals surface area contributed by atoms with E-state index in [1.165, 1.54) is 16.8 Å². The van der Waals surface area contributed by atoms with E-state index < -0.39 is 0 Å². The molecule has 27 heavy (non-hydrogen) atoms. The molecule has 3 nitrogen and oxygen atoms in total. The predicted molar refractivity (Wildman–Crippen MR) is 102 cm³/mol. The average Bonchev–Trinajstić information content (AvgIpc) is 2.70. The Morgan fingerprint density at radius 3 is 2.19 bits per heavy atom. The molecular weight excluding hydrogens is 445 g/mol. The molecule has 0 radical (unpaired) electrons. The van der Waals surface area contributed by atoms with Crippen LogP contribution in [-0.4, -0.2) is 4.98 Å². The Balaban J connectivity index is 0.00000210. The molecule has 0 aliphatic rings. The van der Waals surface area contributed by atoms with Gasteiger partial charge in [0.15, 0.2) is 18.1 Å². The van der Waals surface area contributed by atoms with Crippen molar-refractivity contribution in [2.75, 3.05) is 0 Å². The number of hydrogen-bond donors (Lipinski definition) is 0. The normalized spacial score (nSPS) is 10.3. The molecule has 4 rings (SSSR count). The molecule has 0 saturated carbocycles. The molecule has 0 aliphatic heterocycles. The van der Waals surface area contributed by atoms with Gasteiger partial charge in [-0.1, -0.05) is 42.5 Å². The second kappa shape index (κ2) is 8.86. The van der Waals surface area contributed by atoms with Crippen LogP contribution in [0.4, 0.5) is 0 Å². The van der Waals surface area contributed by atoms with Gasteiger partial charge in [0.2, 0.25) is 6.54 Å². The lowest BCUT2D eigenvalue weighted by molar-refractivity contribution is -0.718. The topological polar surface area (TPSA) is 20.6 Å². The Morgan fingerprint density at radius 2 is 1.48 bits per heavy atom. The minimum Gasteiger partial charge on any atom is -1.00 e. The number of nitrogens with zero attached hydrogens (tertiary/aromatic N) is 3. The largest absolute Gasteiger partial charge is 1.00 e. The minimum atomic E-state index is 0. The number of pyridine rings is 3. The van der Waals surface area contributed by atoms with Crippen molar-refractivity contribution in [1.82, 2.24) is 4.98 Å². The van der Waals surface area contributed by atoms with Gasteiger partial charge in [0.05, 0.1) is 0 Å². The first kappa shape index (κ1) is 19.2. The Morgan fingerprint density at radius 1 is 0.778 bits per heavy atom. The van der Waals surface area contributed by atoms with E-state index in [2.05, 4.69) is 82.0 Å². The maximum absolute atomic E-state index is 4.57. The Hall–Kier alpha value is -2.60. The smallest absolute Gasteiger partial charge is 0.328 e. The highest BCUT2D eigenvalue weighted by Gasteiger charge is 2.20. The third-order valence-electron chi connectivity index (χ3n) is 4.43. The summed E-state index contributed by atoms with van der Waals surface area (Å²) >= 11 is 0. The van der Waals surface area contributed by atoms with Gasteiger partial charge < -0.3 is 24.0 Å². The molecule has 0 amide bonds. The molecule has 4 heteroatoms. The van der Waals surface area contributed by atoms with Gasteiger partial charge in [-0.2, -0.15) is 9.13 Å². The summed E-state index contributed by atoms with van der Waals surface area (Å²) in [6.45, 7) is 2.92. The van der Waals surface area contributed by atoms with E-state index in [4.69, 9.17) is 0 Å². The van der Waals surface area contributed by atoms with E-state index >= 15 is 0 Å². The van der Waals surface area contributed by atoms with Crippen LogP contribution in [0, 0.1) is 6.92 Å². The molecule has 0 fully saturated rings. The van der Waals surface area contributed by atoms with Crippen molar-refractivity contribution in [3.63, 3.8) is 0 Å². The first-order valence-corrected chi connectivity index (χ1v) is 8.78. The number of halogens is 1. The van der Waals surface area contributed by atoms with Crippen LogP contribution in [-0.2, 0) is 6.54 Å². The lowest BCUT2D eigenvalue weighted by Crippen LogP contribution is -3.00. The van der Waals surface area contributed by atoms with Gasteiger partial charge in [-0.05, 0) is 41.2 Å². The van der Waals surface area contributed by atoms with Gasteiger partial charge >= 0.3 is 5.82 Å². The highest BCUT2D eigenvalue weighted by Crippen LogP contribution is 2.20. The van der Waals surface area contributed by atoms with Crippen LogP contribution in [0.3, 0.4) is 0 Å². The SMILES string of the molecule is Cc1cc(-c2ccccc2)cc(C[n+]2ccccc2)[n+]1-c1ccccn1.[I-]. The van der Waals surface area contributed by atoms with Crippen LogP contribution in [0.25, 0.3) is 16.9 Å². The monoisotopic (exact) mass is 466 g/mol. The Kier molecular flexibility index (Phi) is 6.29. The van der Waals surface area contributed by atoms with Crippen molar-refractivity contribution in [3.05, 3.63) is 109 Å². The number of aryl methyl sites for hydroxylation is 1. The zero-order valence-electron chi connectivity index (χ0n) is 15.2. The molecule has 0 aliphatic carbocycles. The summed E-state index contributed by atoms with van der Waals surface area (Å²) in [6.07, 6.45) is 6.02. The van der Waals surface area contributed by atoms with E-state index in [1.807, 2.05) is 36.5 Å².